The van der Waals surface area contributed by atoms with Crippen LogP contribution in [0.5, 0.6) is 0 Å². The van der Waals surface area contributed by atoms with E-state index >= 15 is 0 Å². The summed E-state index contributed by atoms with van der Waals surface area (Å²) in [4.78, 5) is 1.18. The summed E-state index contributed by atoms with van der Waals surface area (Å²) in [5, 5.41) is 17.9. The van der Waals surface area contributed by atoms with Crippen molar-refractivity contribution in [3.63, 3.8) is 0 Å². The first-order chi connectivity index (χ1) is 6.74. The molecule has 1 rings (SSSR count). The number of aliphatic hydroxyl groups excluding tert-OH is 2. The van der Waals surface area contributed by atoms with E-state index in [1.165, 1.54) is 4.90 Å². The molecule has 0 aliphatic heterocycles. The normalized spacial score (nSPS) is 12.8. The number of rotatable bonds is 5. The van der Waals surface area contributed by atoms with Crippen molar-refractivity contribution in [2.75, 3.05) is 12.4 Å². The SMILES string of the molecule is C[C@@H](O)c1ccc(SCCCO)cc1. The molecule has 2 nitrogen and oxygen atoms in total. The molecule has 0 radical (unpaired) electrons. The van der Waals surface area contributed by atoms with Gasteiger partial charge in [0.05, 0.1) is 6.10 Å². The zero-order chi connectivity index (χ0) is 10.4. The minimum absolute atomic E-state index is 0.249. The number of aliphatic hydroxyl groups is 2. The van der Waals surface area contributed by atoms with Gasteiger partial charge in [0.25, 0.3) is 0 Å². The first-order valence-corrected chi connectivity index (χ1v) is 5.74. The molecule has 0 saturated heterocycles. The van der Waals surface area contributed by atoms with Gasteiger partial charge in [-0.2, -0.15) is 0 Å². The van der Waals surface area contributed by atoms with Crippen LogP contribution in [0.4, 0.5) is 0 Å². The third-order valence-corrected chi connectivity index (χ3v) is 3.03. The van der Waals surface area contributed by atoms with E-state index in [1.807, 2.05) is 24.3 Å². The summed E-state index contributed by atoms with van der Waals surface area (Å²) < 4.78 is 0. The Morgan fingerprint density at radius 1 is 1.29 bits per heavy atom. The topological polar surface area (TPSA) is 40.5 Å². The molecule has 0 unspecified atom stereocenters. The Balaban J connectivity index is 2.47. The summed E-state index contributed by atoms with van der Waals surface area (Å²) in [6, 6.07) is 7.88. The van der Waals surface area contributed by atoms with E-state index in [9.17, 15) is 5.11 Å². The molecule has 1 atom stereocenters. The molecule has 2 N–H and O–H groups in total. The maximum absolute atomic E-state index is 9.29. The molecule has 14 heavy (non-hydrogen) atoms. The van der Waals surface area contributed by atoms with E-state index in [2.05, 4.69) is 0 Å². The number of benzene rings is 1. The molecule has 78 valence electrons. The molecule has 3 heteroatoms. The van der Waals surface area contributed by atoms with E-state index in [-0.39, 0.29) is 6.61 Å². The van der Waals surface area contributed by atoms with Crippen LogP contribution in [0.2, 0.25) is 0 Å². The van der Waals surface area contributed by atoms with Crippen molar-refractivity contribution in [3.8, 4) is 0 Å². The van der Waals surface area contributed by atoms with Gasteiger partial charge >= 0.3 is 0 Å². The van der Waals surface area contributed by atoms with E-state index < -0.39 is 6.10 Å². The fraction of sp³-hybridized carbons (Fsp3) is 0.455. The Morgan fingerprint density at radius 3 is 2.43 bits per heavy atom. The molecule has 0 fully saturated rings. The largest absolute Gasteiger partial charge is 0.396 e. The molecule has 1 aromatic rings. The summed E-state index contributed by atoms with van der Waals surface area (Å²) >= 11 is 1.72. The summed E-state index contributed by atoms with van der Waals surface area (Å²) in [7, 11) is 0. The van der Waals surface area contributed by atoms with Gasteiger partial charge in [-0.25, -0.2) is 0 Å². The Bertz CT molecular complexity index is 256. The van der Waals surface area contributed by atoms with Crippen molar-refractivity contribution in [3.05, 3.63) is 29.8 Å². The van der Waals surface area contributed by atoms with Gasteiger partial charge < -0.3 is 10.2 Å². The second-order valence-electron chi connectivity index (χ2n) is 3.17. The van der Waals surface area contributed by atoms with Crippen LogP contribution in [-0.2, 0) is 0 Å². The highest BCUT2D eigenvalue weighted by Gasteiger charge is 2.00. The van der Waals surface area contributed by atoms with Gasteiger partial charge in [-0.1, -0.05) is 12.1 Å². The van der Waals surface area contributed by atoms with Crippen LogP contribution in [0.3, 0.4) is 0 Å². The smallest absolute Gasteiger partial charge is 0.0761 e. The van der Waals surface area contributed by atoms with Crippen molar-refractivity contribution in [1.29, 1.82) is 0 Å². The number of thioether (sulfide) groups is 1. The quantitative estimate of drug-likeness (QED) is 0.581. The predicted octanol–water partition coefficient (Wildman–Crippen LogP) is 2.21. The monoisotopic (exact) mass is 212 g/mol. The first kappa shape index (κ1) is 11.6. The molecular weight excluding hydrogens is 196 g/mol. The highest BCUT2D eigenvalue weighted by Crippen LogP contribution is 2.21. The summed E-state index contributed by atoms with van der Waals surface area (Å²) in [5.41, 5.74) is 0.941. The van der Waals surface area contributed by atoms with E-state index in [1.54, 1.807) is 18.7 Å². The number of hydrogen-bond donors (Lipinski definition) is 2. The molecule has 0 bridgehead atoms. The highest BCUT2D eigenvalue weighted by molar-refractivity contribution is 7.99. The standard InChI is InChI=1S/C11H16O2S/c1-9(13)10-3-5-11(6-4-10)14-8-2-7-12/h3-6,9,12-13H,2,7-8H2,1H3/t9-/m1/s1. The Labute approximate surface area is 89.0 Å². The fourth-order valence-electron chi connectivity index (χ4n) is 1.10. The lowest BCUT2D eigenvalue weighted by molar-refractivity contribution is 0.199. The zero-order valence-corrected chi connectivity index (χ0v) is 9.13. The maximum atomic E-state index is 9.29. The van der Waals surface area contributed by atoms with E-state index in [4.69, 9.17) is 5.11 Å². The molecule has 0 aromatic heterocycles. The average molecular weight is 212 g/mol. The minimum atomic E-state index is -0.397. The van der Waals surface area contributed by atoms with Gasteiger partial charge in [0, 0.05) is 17.3 Å². The fourth-order valence-corrected chi connectivity index (χ4v) is 1.93. The predicted molar refractivity (Wildman–Crippen MR) is 59.5 cm³/mol. The van der Waals surface area contributed by atoms with Gasteiger partial charge in [0.2, 0.25) is 0 Å². The second-order valence-corrected chi connectivity index (χ2v) is 4.34. The summed E-state index contributed by atoms with van der Waals surface area (Å²) in [6.45, 7) is 2.01. The van der Waals surface area contributed by atoms with Crippen LogP contribution in [0.15, 0.2) is 29.2 Å². The Kier molecular flexibility index (Phi) is 5.01. The lowest BCUT2D eigenvalue weighted by Crippen LogP contribution is -1.90. The van der Waals surface area contributed by atoms with E-state index in [0.717, 1.165) is 17.7 Å². The molecule has 0 amide bonds. The maximum Gasteiger partial charge on any atom is 0.0761 e. The highest BCUT2D eigenvalue weighted by atomic mass is 32.2. The van der Waals surface area contributed by atoms with Crippen LogP contribution in [0.25, 0.3) is 0 Å². The van der Waals surface area contributed by atoms with Gasteiger partial charge in [0.15, 0.2) is 0 Å². The van der Waals surface area contributed by atoms with Crippen molar-refractivity contribution in [1.82, 2.24) is 0 Å². The number of hydrogen-bond acceptors (Lipinski definition) is 3. The second kappa shape index (κ2) is 6.06. The van der Waals surface area contributed by atoms with Crippen LogP contribution < -0.4 is 0 Å². The van der Waals surface area contributed by atoms with Gasteiger partial charge in [0.1, 0.15) is 0 Å². The van der Waals surface area contributed by atoms with Gasteiger partial charge in [-0.15, -0.1) is 11.8 Å². The lowest BCUT2D eigenvalue weighted by atomic mass is 10.1. The van der Waals surface area contributed by atoms with Gasteiger partial charge in [-0.3, -0.25) is 0 Å². The Hall–Kier alpha value is -0.510. The van der Waals surface area contributed by atoms with Crippen molar-refractivity contribution in [2.45, 2.75) is 24.3 Å². The molecule has 0 heterocycles. The lowest BCUT2D eigenvalue weighted by Gasteiger charge is -2.05. The van der Waals surface area contributed by atoms with Crippen LogP contribution >= 0.6 is 11.8 Å². The molecule has 0 aliphatic rings. The average Bonchev–Trinajstić information content (AvgIpc) is 2.19. The molecule has 1 aromatic carbocycles. The van der Waals surface area contributed by atoms with Crippen molar-refractivity contribution < 1.29 is 10.2 Å². The third kappa shape index (κ3) is 3.70. The van der Waals surface area contributed by atoms with Crippen LogP contribution in [0.1, 0.15) is 25.0 Å². The van der Waals surface area contributed by atoms with Crippen molar-refractivity contribution >= 4 is 11.8 Å². The Morgan fingerprint density at radius 2 is 1.93 bits per heavy atom. The molecular formula is C11H16O2S. The molecule has 0 saturated carbocycles. The van der Waals surface area contributed by atoms with Crippen molar-refractivity contribution in [2.24, 2.45) is 0 Å². The van der Waals surface area contributed by atoms with Crippen LogP contribution in [-0.4, -0.2) is 22.6 Å². The summed E-state index contributed by atoms with van der Waals surface area (Å²) in [5.74, 6) is 0.935. The first-order valence-electron chi connectivity index (χ1n) is 4.75. The zero-order valence-electron chi connectivity index (χ0n) is 8.31. The van der Waals surface area contributed by atoms with Gasteiger partial charge in [-0.05, 0) is 31.0 Å². The summed E-state index contributed by atoms with van der Waals surface area (Å²) in [6.07, 6.45) is 0.425. The van der Waals surface area contributed by atoms with E-state index in [0.29, 0.717) is 0 Å². The molecule has 0 aliphatic carbocycles. The minimum Gasteiger partial charge on any atom is -0.396 e. The third-order valence-electron chi connectivity index (χ3n) is 1.93. The van der Waals surface area contributed by atoms with Crippen LogP contribution in [0, 0.1) is 0 Å². The molecule has 0 spiro atoms.